The number of fused-ring (bicyclic) bond motifs is 3. The fourth-order valence-corrected chi connectivity index (χ4v) is 4.79. The first kappa shape index (κ1) is 31.7. The first-order valence-electron chi connectivity index (χ1n) is 14.4. The van der Waals surface area contributed by atoms with Crippen molar-refractivity contribution in [2.45, 2.75) is 78.9 Å². The molecule has 43 heavy (non-hydrogen) atoms. The number of carbonyl (C=O) groups excluding carboxylic acids is 2. The predicted octanol–water partition coefficient (Wildman–Crippen LogP) is 4.21. The van der Waals surface area contributed by atoms with Crippen molar-refractivity contribution in [3.05, 3.63) is 65.0 Å². The Labute approximate surface area is 251 Å². The molecule has 5 N–H and O–H groups in total. The molecule has 0 unspecified atom stereocenters. The smallest absolute Gasteiger partial charge is 0.408 e. The van der Waals surface area contributed by atoms with E-state index in [-0.39, 0.29) is 12.5 Å². The molecule has 11 nitrogen and oxygen atoms in total. The highest BCUT2D eigenvalue weighted by Gasteiger charge is 2.23. The molecule has 0 aliphatic rings. The molecule has 230 valence electrons. The number of hydrogen-bond acceptors (Lipinski definition) is 8. The van der Waals surface area contributed by atoms with Crippen LogP contribution in [0.4, 0.5) is 10.6 Å². The van der Waals surface area contributed by atoms with Crippen LogP contribution in [0.25, 0.3) is 21.9 Å². The van der Waals surface area contributed by atoms with Crippen LogP contribution in [0.3, 0.4) is 0 Å². The number of aromatic nitrogens is 3. The Morgan fingerprint density at radius 1 is 1.00 bits per heavy atom. The van der Waals surface area contributed by atoms with Gasteiger partial charge in [-0.2, -0.15) is 0 Å². The molecule has 0 atom stereocenters. The maximum atomic E-state index is 12.2. The van der Waals surface area contributed by atoms with Gasteiger partial charge in [0.1, 0.15) is 30.1 Å². The van der Waals surface area contributed by atoms with Crippen molar-refractivity contribution in [3.63, 3.8) is 0 Å². The predicted molar refractivity (Wildman–Crippen MR) is 166 cm³/mol. The highest BCUT2D eigenvalue weighted by molar-refractivity contribution is 6.06. The number of alkyl carbamates (subject to hydrolysis) is 1. The van der Waals surface area contributed by atoms with E-state index in [1.165, 1.54) is 0 Å². The molecular weight excluding hydrogens is 548 g/mol. The second kappa shape index (κ2) is 13.0. The van der Waals surface area contributed by atoms with Crippen LogP contribution in [0.1, 0.15) is 64.1 Å². The molecule has 2 amide bonds. The van der Waals surface area contributed by atoms with Crippen LogP contribution >= 0.6 is 0 Å². The second-order valence-corrected chi connectivity index (χ2v) is 12.2. The summed E-state index contributed by atoms with van der Waals surface area (Å²) in [5.74, 6) is 0.702. The highest BCUT2D eigenvalue weighted by Crippen LogP contribution is 2.31. The SMILES string of the molecule is CCOCc1nc2c(N)nc3cc(Cc4cccc(CNC(=O)CNC(=O)OC(C)(C)C)c4)ccc3c2n1CC(C)(C)O. The van der Waals surface area contributed by atoms with Crippen molar-refractivity contribution in [2.24, 2.45) is 0 Å². The number of carbonyl (C=O) groups is 2. The lowest BCUT2D eigenvalue weighted by atomic mass is 10.0. The molecule has 0 saturated heterocycles. The van der Waals surface area contributed by atoms with Gasteiger partial charge in [-0.3, -0.25) is 4.79 Å². The number of imidazole rings is 1. The number of aliphatic hydroxyl groups is 1. The first-order valence-corrected chi connectivity index (χ1v) is 14.4. The molecule has 2 heterocycles. The van der Waals surface area contributed by atoms with Crippen LogP contribution in [0, 0.1) is 0 Å². The van der Waals surface area contributed by atoms with Gasteiger partial charge in [-0.05, 0) is 70.7 Å². The summed E-state index contributed by atoms with van der Waals surface area (Å²) in [7, 11) is 0. The summed E-state index contributed by atoms with van der Waals surface area (Å²) in [5.41, 5.74) is 9.99. The molecule has 2 aromatic heterocycles. The Morgan fingerprint density at radius 3 is 2.42 bits per heavy atom. The average molecular weight is 591 g/mol. The van der Waals surface area contributed by atoms with Crippen LogP contribution < -0.4 is 16.4 Å². The van der Waals surface area contributed by atoms with Gasteiger partial charge < -0.3 is 35.5 Å². The fraction of sp³-hybridized carbons (Fsp3) is 0.438. The van der Waals surface area contributed by atoms with Crippen LogP contribution in [0.15, 0.2) is 42.5 Å². The van der Waals surface area contributed by atoms with Gasteiger partial charge >= 0.3 is 6.09 Å². The van der Waals surface area contributed by atoms with Crippen LogP contribution in [-0.4, -0.2) is 56.0 Å². The number of rotatable bonds is 11. The Bertz CT molecular complexity index is 1620. The molecule has 11 heteroatoms. The van der Waals surface area contributed by atoms with Crippen molar-refractivity contribution < 1.29 is 24.2 Å². The Hall–Kier alpha value is -4.22. The summed E-state index contributed by atoms with van der Waals surface area (Å²) in [4.78, 5) is 33.4. The number of ether oxygens (including phenoxy) is 2. The van der Waals surface area contributed by atoms with Gasteiger partial charge in [-0.15, -0.1) is 0 Å². The third-order valence-electron chi connectivity index (χ3n) is 6.51. The van der Waals surface area contributed by atoms with Crippen molar-refractivity contribution in [1.82, 2.24) is 25.2 Å². The zero-order valence-corrected chi connectivity index (χ0v) is 25.8. The number of nitrogens with two attached hydrogens (primary N) is 1. The lowest BCUT2D eigenvalue weighted by molar-refractivity contribution is -0.120. The molecule has 0 fully saturated rings. The van der Waals surface area contributed by atoms with Crippen LogP contribution in [0.5, 0.6) is 0 Å². The van der Waals surface area contributed by atoms with E-state index in [4.69, 9.17) is 20.2 Å². The maximum absolute atomic E-state index is 12.2. The second-order valence-electron chi connectivity index (χ2n) is 12.2. The Kier molecular flexibility index (Phi) is 9.56. The molecule has 0 radical (unpaired) electrons. The van der Waals surface area contributed by atoms with Crippen LogP contribution in [-0.2, 0) is 40.4 Å². The van der Waals surface area contributed by atoms with E-state index in [9.17, 15) is 14.7 Å². The minimum absolute atomic E-state index is 0.170. The van der Waals surface area contributed by atoms with E-state index in [1.54, 1.807) is 34.6 Å². The number of anilines is 1. The van der Waals surface area contributed by atoms with Gasteiger partial charge in [0.15, 0.2) is 5.82 Å². The van der Waals surface area contributed by atoms with E-state index in [1.807, 2.05) is 47.9 Å². The zero-order valence-electron chi connectivity index (χ0n) is 25.8. The van der Waals surface area contributed by atoms with E-state index >= 15 is 0 Å². The van der Waals surface area contributed by atoms with Crippen molar-refractivity contribution in [1.29, 1.82) is 0 Å². The van der Waals surface area contributed by atoms with Gasteiger partial charge in [0.05, 0.1) is 23.2 Å². The highest BCUT2D eigenvalue weighted by atomic mass is 16.6. The minimum Gasteiger partial charge on any atom is -0.444 e. The minimum atomic E-state index is -0.974. The molecule has 4 rings (SSSR count). The van der Waals surface area contributed by atoms with Crippen molar-refractivity contribution in [2.75, 3.05) is 18.9 Å². The van der Waals surface area contributed by atoms with E-state index in [2.05, 4.69) is 21.7 Å². The topological polar surface area (TPSA) is 154 Å². The third-order valence-corrected chi connectivity index (χ3v) is 6.51. The largest absolute Gasteiger partial charge is 0.444 e. The summed E-state index contributed by atoms with van der Waals surface area (Å²) in [5, 5.41) is 16.8. The fourth-order valence-electron chi connectivity index (χ4n) is 4.79. The molecule has 0 aliphatic carbocycles. The number of nitrogen functional groups attached to an aromatic ring is 1. The normalized spacial score (nSPS) is 12.1. The number of nitrogens with zero attached hydrogens (tertiary/aromatic N) is 3. The molecule has 0 spiro atoms. The Morgan fingerprint density at radius 2 is 1.72 bits per heavy atom. The standard InChI is InChI=1S/C32H42N6O5/c1-7-42-18-25-37-27-28(38(25)19-32(5,6)41)23-12-11-21(15-24(23)36-29(27)33)13-20-9-8-10-22(14-20)16-34-26(39)17-35-30(40)43-31(2,3)4/h8-12,14-15,41H,7,13,16-19H2,1-6H3,(H2,33,36)(H,34,39)(H,35,40). The third kappa shape index (κ3) is 8.65. The number of pyridine rings is 1. The first-order chi connectivity index (χ1) is 20.2. The van der Waals surface area contributed by atoms with E-state index < -0.39 is 17.3 Å². The summed E-state index contributed by atoms with van der Waals surface area (Å²) >= 11 is 0. The quantitative estimate of drug-likeness (QED) is 0.203. The zero-order chi connectivity index (χ0) is 31.4. The lowest BCUT2D eigenvalue weighted by Gasteiger charge is -2.20. The molecule has 0 saturated carbocycles. The molecular formula is C32H42N6O5. The average Bonchev–Trinajstić information content (AvgIpc) is 3.26. The van der Waals surface area contributed by atoms with Gasteiger partial charge in [0.2, 0.25) is 5.91 Å². The maximum Gasteiger partial charge on any atom is 0.408 e. The van der Waals surface area contributed by atoms with Crippen molar-refractivity contribution in [3.8, 4) is 0 Å². The summed E-state index contributed by atoms with van der Waals surface area (Å²) < 4.78 is 12.8. The van der Waals surface area contributed by atoms with E-state index in [0.717, 1.165) is 33.1 Å². The number of nitrogens with one attached hydrogen (secondary N) is 2. The number of benzene rings is 2. The van der Waals surface area contributed by atoms with Gasteiger partial charge in [-0.1, -0.05) is 36.4 Å². The number of hydrogen-bond donors (Lipinski definition) is 4. The molecule has 2 aromatic carbocycles. The molecule has 0 bridgehead atoms. The lowest BCUT2D eigenvalue weighted by Crippen LogP contribution is -2.39. The molecule has 4 aromatic rings. The molecule has 0 aliphatic heterocycles. The van der Waals surface area contributed by atoms with Gasteiger partial charge in [0.25, 0.3) is 0 Å². The summed E-state index contributed by atoms with van der Waals surface area (Å²) in [6.45, 7) is 12.1. The van der Waals surface area contributed by atoms with Crippen molar-refractivity contribution >= 4 is 39.8 Å². The Balaban J connectivity index is 1.51. The summed E-state index contributed by atoms with van der Waals surface area (Å²) in [6, 6.07) is 14.1. The monoisotopic (exact) mass is 590 g/mol. The summed E-state index contributed by atoms with van der Waals surface area (Å²) in [6.07, 6.45) is 0.0143. The van der Waals surface area contributed by atoms with E-state index in [0.29, 0.717) is 49.9 Å². The van der Waals surface area contributed by atoms with Gasteiger partial charge in [0, 0.05) is 18.5 Å². The number of amides is 2. The van der Waals surface area contributed by atoms with Gasteiger partial charge in [-0.25, -0.2) is 14.8 Å². The van der Waals surface area contributed by atoms with Crippen LogP contribution in [0.2, 0.25) is 0 Å².